The summed E-state index contributed by atoms with van der Waals surface area (Å²) in [6.07, 6.45) is -1.21. The van der Waals surface area contributed by atoms with E-state index in [9.17, 15) is 13.0 Å². The van der Waals surface area contributed by atoms with E-state index in [1.165, 1.54) is 16.8 Å². The zero-order valence-corrected chi connectivity index (χ0v) is 10.3. The molecule has 1 aromatic heterocycles. The van der Waals surface area contributed by atoms with E-state index < -0.39 is 23.3 Å². The molecule has 2 aromatic rings. The summed E-state index contributed by atoms with van der Waals surface area (Å²) in [7, 11) is 0. The Kier molecular flexibility index (Phi) is 2.90. The molecule has 19 heavy (non-hydrogen) atoms. The van der Waals surface area contributed by atoms with Crippen molar-refractivity contribution in [3.05, 3.63) is 41.5 Å². The lowest BCUT2D eigenvalue weighted by Gasteiger charge is -2.11. The molecule has 2 heterocycles. The molecule has 0 bridgehead atoms. The van der Waals surface area contributed by atoms with Gasteiger partial charge in [-0.1, -0.05) is 12.1 Å². The molecular formula is C11H9F2N3O2S. The molecule has 0 aliphatic carbocycles. The van der Waals surface area contributed by atoms with E-state index >= 15 is 0 Å². The highest BCUT2D eigenvalue weighted by Gasteiger charge is 2.36. The van der Waals surface area contributed by atoms with Crippen molar-refractivity contribution in [1.82, 2.24) is 14.8 Å². The van der Waals surface area contributed by atoms with Gasteiger partial charge in [-0.15, -0.1) is 5.10 Å². The fourth-order valence-corrected chi connectivity index (χ4v) is 2.52. The zero-order chi connectivity index (χ0) is 13.6. The summed E-state index contributed by atoms with van der Waals surface area (Å²) in [5.74, 6) is -0.346. The minimum Gasteiger partial charge on any atom is -0.300 e. The number of rotatable bonds is 2. The molecular weight excluding hydrogens is 276 g/mol. The number of fused-ring (bicyclic) bond motifs is 1. The molecule has 1 unspecified atom stereocenters. The van der Waals surface area contributed by atoms with Crippen LogP contribution in [0.3, 0.4) is 0 Å². The van der Waals surface area contributed by atoms with Crippen LogP contribution in [0.2, 0.25) is 0 Å². The van der Waals surface area contributed by atoms with Crippen molar-refractivity contribution in [3.8, 4) is 0 Å². The maximum absolute atomic E-state index is 13.8. The average molecular weight is 285 g/mol. The van der Waals surface area contributed by atoms with Crippen molar-refractivity contribution in [2.75, 3.05) is 0 Å². The minimum absolute atomic E-state index is 0.0340. The van der Waals surface area contributed by atoms with Crippen LogP contribution in [-0.4, -0.2) is 23.5 Å². The lowest BCUT2D eigenvalue weighted by atomic mass is 10.0. The highest BCUT2D eigenvalue weighted by molar-refractivity contribution is 7.79. The molecule has 1 N–H and O–H groups in total. The Labute approximate surface area is 109 Å². The Balaban J connectivity index is 2.03. The molecule has 0 amide bonds. The molecule has 1 aliphatic rings. The Morgan fingerprint density at radius 2 is 2.05 bits per heavy atom. The fourth-order valence-electron chi connectivity index (χ4n) is 2.20. The quantitative estimate of drug-likeness (QED) is 0.857. The van der Waals surface area contributed by atoms with E-state index in [-0.39, 0.29) is 23.2 Å². The molecule has 1 aliphatic heterocycles. The van der Waals surface area contributed by atoms with Crippen LogP contribution >= 0.6 is 0 Å². The number of alkyl halides is 1. The third kappa shape index (κ3) is 2.06. The van der Waals surface area contributed by atoms with Crippen LogP contribution in [0.5, 0.6) is 0 Å². The van der Waals surface area contributed by atoms with Gasteiger partial charge >= 0.3 is 0 Å². The first-order chi connectivity index (χ1) is 9.06. The number of hydrogen-bond donors (Lipinski definition) is 1. The Hall–Kier alpha value is -1.67. The Morgan fingerprint density at radius 3 is 2.68 bits per heavy atom. The summed E-state index contributed by atoms with van der Waals surface area (Å²) in [5.41, 5.74) is 0.683. The van der Waals surface area contributed by atoms with Gasteiger partial charge in [-0.05, 0) is 17.7 Å². The van der Waals surface area contributed by atoms with Crippen molar-refractivity contribution in [3.63, 3.8) is 0 Å². The van der Waals surface area contributed by atoms with E-state index in [0.717, 1.165) is 0 Å². The van der Waals surface area contributed by atoms with E-state index in [4.69, 9.17) is 4.55 Å². The number of halogens is 2. The number of hydrogen-bond acceptors (Lipinski definition) is 3. The van der Waals surface area contributed by atoms with Gasteiger partial charge in [0.2, 0.25) is 11.1 Å². The summed E-state index contributed by atoms with van der Waals surface area (Å²) in [6, 6.07) is 5.21. The molecule has 100 valence electrons. The SMILES string of the molecule is O=S(O)c1nc2n(n1)[C@H](c1ccc(F)cc1)C[C@@H]2F. The van der Waals surface area contributed by atoms with Gasteiger partial charge in [0, 0.05) is 6.42 Å². The smallest absolute Gasteiger partial charge is 0.266 e. The van der Waals surface area contributed by atoms with Crippen molar-refractivity contribution in [2.45, 2.75) is 23.8 Å². The molecule has 0 fully saturated rings. The molecule has 0 saturated carbocycles. The van der Waals surface area contributed by atoms with Crippen LogP contribution in [0.25, 0.3) is 0 Å². The second kappa shape index (κ2) is 4.46. The maximum atomic E-state index is 13.8. The van der Waals surface area contributed by atoms with Crippen LogP contribution < -0.4 is 0 Å². The third-order valence-electron chi connectivity index (χ3n) is 3.05. The monoisotopic (exact) mass is 285 g/mol. The van der Waals surface area contributed by atoms with Crippen LogP contribution in [0.15, 0.2) is 29.4 Å². The summed E-state index contributed by atoms with van der Waals surface area (Å²) < 4.78 is 47.8. The number of nitrogens with zero attached hydrogens (tertiary/aromatic N) is 3. The average Bonchev–Trinajstić information content (AvgIpc) is 2.92. The summed E-state index contributed by atoms with van der Waals surface area (Å²) in [4.78, 5) is 3.72. The van der Waals surface area contributed by atoms with Crippen molar-refractivity contribution >= 4 is 11.1 Å². The number of aromatic nitrogens is 3. The fraction of sp³-hybridized carbons (Fsp3) is 0.273. The van der Waals surface area contributed by atoms with Crippen molar-refractivity contribution < 1.29 is 17.5 Å². The molecule has 0 radical (unpaired) electrons. The standard InChI is InChI=1S/C11H9F2N3O2S/c12-7-3-1-6(2-4-7)9-5-8(13)10-14-11(19(17)18)15-16(9)10/h1-4,8-9H,5H2,(H,17,18)/t8-,9-/m0/s1. The van der Waals surface area contributed by atoms with Gasteiger partial charge in [-0.2, -0.15) is 4.98 Å². The highest BCUT2D eigenvalue weighted by Crippen LogP contribution is 2.39. The topological polar surface area (TPSA) is 68.0 Å². The Morgan fingerprint density at radius 1 is 1.37 bits per heavy atom. The van der Waals surface area contributed by atoms with E-state index in [2.05, 4.69) is 10.1 Å². The molecule has 3 rings (SSSR count). The zero-order valence-electron chi connectivity index (χ0n) is 9.53. The van der Waals surface area contributed by atoms with E-state index in [1.807, 2.05) is 0 Å². The van der Waals surface area contributed by atoms with Gasteiger partial charge in [0.1, 0.15) is 5.82 Å². The van der Waals surface area contributed by atoms with Gasteiger partial charge in [-0.25, -0.2) is 17.7 Å². The van der Waals surface area contributed by atoms with Crippen LogP contribution in [0, 0.1) is 5.82 Å². The lowest BCUT2D eigenvalue weighted by molar-refractivity contribution is 0.326. The van der Waals surface area contributed by atoms with Crippen molar-refractivity contribution in [2.24, 2.45) is 0 Å². The second-order valence-electron chi connectivity index (χ2n) is 4.22. The van der Waals surface area contributed by atoms with Gasteiger partial charge in [0.05, 0.1) is 6.04 Å². The van der Waals surface area contributed by atoms with Gasteiger partial charge in [-0.3, -0.25) is 4.55 Å². The molecule has 8 heteroatoms. The Bertz CT molecular complexity index is 644. The predicted molar refractivity (Wildman–Crippen MR) is 62.1 cm³/mol. The first-order valence-electron chi connectivity index (χ1n) is 5.53. The first-order valence-corrected chi connectivity index (χ1v) is 6.64. The van der Waals surface area contributed by atoms with Gasteiger partial charge in [0.15, 0.2) is 12.0 Å². The summed E-state index contributed by atoms with van der Waals surface area (Å²) in [5, 5.41) is 3.53. The summed E-state index contributed by atoms with van der Waals surface area (Å²) in [6.45, 7) is 0. The number of benzene rings is 1. The molecule has 1 aromatic carbocycles. The second-order valence-corrected chi connectivity index (χ2v) is 5.08. The molecule has 3 atom stereocenters. The highest BCUT2D eigenvalue weighted by atomic mass is 32.2. The lowest BCUT2D eigenvalue weighted by Crippen LogP contribution is -2.08. The summed E-state index contributed by atoms with van der Waals surface area (Å²) >= 11 is -2.35. The molecule has 0 spiro atoms. The van der Waals surface area contributed by atoms with Gasteiger partial charge < -0.3 is 0 Å². The van der Waals surface area contributed by atoms with E-state index in [1.54, 1.807) is 12.1 Å². The van der Waals surface area contributed by atoms with Crippen LogP contribution in [0.4, 0.5) is 8.78 Å². The molecule has 0 saturated heterocycles. The van der Waals surface area contributed by atoms with Crippen LogP contribution in [-0.2, 0) is 11.1 Å². The minimum atomic E-state index is -2.35. The predicted octanol–water partition coefficient (Wildman–Crippen LogP) is 2.00. The van der Waals surface area contributed by atoms with E-state index in [0.29, 0.717) is 5.56 Å². The largest absolute Gasteiger partial charge is 0.300 e. The molecule has 5 nitrogen and oxygen atoms in total. The van der Waals surface area contributed by atoms with Crippen molar-refractivity contribution in [1.29, 1.82) is 0 Å². The normalized spacial score (nSPS) is 23.3. The van der Waals surface area contributed by atoms with Crippen LogP contribution in [0.1, 0.15) is 30.0 Å². The first kappa shape index (κ1) is 12.4. The maximum Gasteiger partial charge on any atom is 0.266 e. The third-order valence-corrected chi connectivity index (χ3v) is 3.54. The van der Waals surface area contributed by atoms with Gasteiger partial charge in [0.25, 0.3) is 5.16 Å².